The lowest BCUT2D eigenvalue weighted by molar-refractivity contribution is 0.318. The quantitative estimate of drug-likeness (QED) is 0.387. The maximum Gasteiger partial charge on any atom is 0.322 e. The average molecular weight is 276 g/mol. The number of oxime groups is 1. The summed E-state index contributed by atoms with van der Waals surface area (Å²) in [7, 11) is 0. The molecule has 0 aliphatic rings. The van der Waals surface area contributed by atoms with Crippen molar-refractivity contribution in [1.29, 1.82) is 0 Å². The van der Waals surface area contributed by atoms with Gasteiger partial charge in [-0.25, -0.2) is 9.37 Å². The van der Waals surface area contributed by atoms with Gasteiger partial charge < -0.3 is 15.7 Å². The minimum Gasteiger partial charge on any atom is -0.421 e. The Morgan fingerprint density at radius 3 is 2.75 bits per heavy atom. The first-order valence-electron chi connectivity index (χ1n) is 5.77. The molecule has 0 spiro atoms. The van der Waals surface area contributed by atoms with Crippen LogP contribution < -0.4 is 10.5 Å². The van der Waals surface area contributed by atoms with Crippen LogP contribution in [-0.2, 0) is 0 Å². The van der Waals surface area contributed by atoms with Crippen LogP contribution in [0.1, 0.15) is 17.0 Å². The summed E-state index contributed by atoms with van der Waals surface area (Å²) in [4.78, 5) is 7.98. The highest BCUT2D eigenvalue weighted by molar-refractivity contribution is 5.95. The Morgan fingerprint density at radius 2 is 2.05 bits per heavy atom. The Morgan fingerprint density at radius 1 is 1.30 bits per heavy atom. The van der Waals surface area contributed by atoms with Gasteiger partial charge in [0.2, 0.25) is 0 Å². The first-order valence-corrected chi connectivity index (χ1v) is 5.77. The van der Waals surface area contributed by atoms with E-state index in [2.05, 4.69) is 15.1 Å². The molecule has 0 radical (unpaired) electrons. The molecule has 0 bridgehead atoms. The molecule has 0 fully saturated rings. The van der Waals surface area contributed by atoms with Crippen molar-refractivity contribution >= 4 is 5.84 Å². The number of rotatable bonds is 3. The highest BCUT2D eigenvalue weighted by Gasteiger charge is 2.11. The maximum absolute atomic E-state index is 13.6. The monoisotopic (exact) mass is 276 g/mol. The summed E-state index contributed by atoms with van der Waals surface area (Å²) >= 11 is 0. The third-order valence-electron chi connectivity index (χ3n) is 2.49. The molecule has 0 amide bonds. The molecule has 1 aromatic carbocycles. The van der Waals surface area contributed by atoms with Crippen molar-refractivity contribution < 1.29 is 14.3 Å². The predicted molar refractivity (Wildman–Crippen MR) is 70.5 cm³/mol. The molecule has 0 aliphatic heterocycles. The molecule has 0 atom stereocenters. The second-order valence-electron chi connectivity index (χ2n) is 4.20. The first-order chi connectivity index (χ1) is 9.49. The highest BCUT2D eigenvalue weighted by atomic mass is 19.1. The van der Waals surface area contributed by atoms with Gasteiger partial charge in [0, 0.05) is 5.69 Å². The summed E-state index contributed by atoms with van der Waals surface area (Å²) in [6.07, 6.45) is 0. The third kappa shape index (κ3) is 3.00. The van der Waals surface area contributed by atoms with Crippen molar-refractivity contribution in [3.63, 3.8) is 0 Å². The number of nitrogens with zero attached hydrogens (tertiary/aromatic N) is 3. The van der Waals surface area contributed by atoms with E-state index in [1.165, 1.54) is 18.2 Å². The Kier molecular flexibility index (Phi) is 3.79. The summed E-state index contributed by atoms with van der Waals surface area (Å²) in [6.45, 7) is 3.50. The summed E-state index contributed by atoms with van der Waals surface area (Å²) in [5.41, 5.74) is 7.04. The average Bonchev–Trinajstić information content (AvgIpc) is 2.41. The van der Waals surface area contributed by atoms with Crippen LogP contribution in [0.15, 0.2) is 29.4 Å². The van der Waals surface area contributed by atoms with Gasteiger partial charge in [-0.2, -0.15) is 4.98 Å². The zero-order valence-electron chi connectivity index (χ0n) is 11.0. The first kappa shape index (κ1) is 13.7. The van der Waals surface area contributed by atoms with E-state index in [4.69, 9.17) is 15.7 Å². The van der Waals surface area contributed by atoms with Crippen LogP contribution >= 0.6 is 0 Å². The molecule has 0 saturated heterocycles. The Labute approximate surface area is 114 Å². The number of amidine groups is 1. The lowest BCUT2D eigenvalue weighted by Crippen LogP contribution is -2.16. The van der Waals surface area contributed by atoms with Crippen molar-refractivity contribution in [2.45, 2.75) is 13.8 Å². The minimum absolute atomic E-state index is 0.0149. The van der Waals surface area contributed by atoms with Crippen LogP contribution in [0.4, 0.5) is 4.39 Å². The van der Waals surface area contributed by atoms with Crippen LogP contribution in [0.2, 0.25) is 0 Å². The lowest BCUT2D eigenvalue weighted by atomic mass is 10.2. The summed E-state index contributed by atoms with van der Waals surface area (Å²) < 4.78 is 18.9. The SMILES string of the molecule is Cc1ccc(F)c(Oc2nc(C)cc(/C(N)=N/O)n2)c1. The molecule has 0 unspecified atom stereocenters. The fraction of sp³-hybridized carbons (Fsp3) is 0.154. The molecular formula is C13H13FN4O2. The van der Waals surface area contributed by atoms with E-state index in [-0.39, 0.29) is 23.3 Å². The fourth-order valence-electron chi connectivity index (χ4n) is 1.56. The molecule has 20 heavy (non-hydrogen) atoms. The molecule has 3 N–H and O–H groups in total. The number of ether oxygens (including phenoxy) is 1. The van der Waals surface area contributed by atoms with Gasteiger partial charge in [0.05, 0.1) is 0 Å². The van der Waals surface area contributed by atoms with E-state index in [9.17, 15) is 4.39 Å². The van der Waals surface area contributed by atoms with Gasteiger partial charge in [0.25, 0.3) is 0 Å². The Hall–Kier alpha value is -2.70. The van der Waals surface area contributed by atoms with Gasteiger partial charge in [0.15, 0.2) is 17.4 Å². The van der Waals surface area contributed by atoms with Gasteiger partial charge in [-0.05, 0) is 37.6 Å². The van der Waals surface area contributed by atoms with Crippen molar-refractivity contribution in [3.8, 4) is 11.8 Å². The van der Waals surface area contributed by atoms with Crippen molar-refractivity contribution in [2.24, 2.45) is 10.9 Å². The van der Waals surface area contributed by atoms with E-state index in [0.717, 1.165) is 5.56 Å². The Bertz CT molecular complexity index is 673. The number of nitrogens with two attached hydrogens (primary N) is 1. The topological polar surface area (TPSA) is 93.6 Å². The van der Waals surface area contributed by atoms with Gasteiger partial charge in [0.1, 0.15) is 5.69 Å². The molecule has 1 aromatic heterocycles. The van der Waals surface area contributed by atoms with E-state index in [1.54, 1.807) is 13.0 Å². The second kappa shape index (κ2) is 5.52. The number of aryl methyl sites for hydroxylation is 2. The number of hydrogen-bond donors (Lipinski definition) is 2. The van der Waals surface area contributed by atoms with Crippen molar-refractivity contribution in [1.82, 2.24) is 9.97 Å². The van der Waals surface area contributed by atoms with Gasteiger partial charge in [-0.3, -0.25) is 0 Å². The molecule has 1 heterocycles. The highest BCUT2D eigenvalue weighted by Crippen LogP contribution is 2.23. The van der Waals surface area contributed by atoms with Crippen LogP contribution in [0.25, 0.3) is 0 Å². The number of hydrogen-bond acceptors (Lipinski definition) is 5. The third-order valence-corrected chi connectivity index (χ3v) is 2.49. The maximum atomic E-state index is 13.6. The van der Waals surface area contributed by atoms with Crippen LogP contribution in [0, 0.1) is 19.7 Å². The second-order valence-corrected chi connectivity index (χ2v) is 4.20. The molecule has 2 rings (SSSR count). The summed E-state index contributed by atoms with van der Waals surface area (Å²) in [5.74, 6) is -0.683. The number of aromatic nitrogens is 2. The predicted octanol–water partition coefficient (Wildman–Crippen LogP) is 2.12. The van der Waals surface area contributed by atoms with Crippen molar-refractivity contribution in [3.05, 3.63) is 47.0 Å². The Balaban J connectivity index is 2.38. The van der Waals surface area contributed by atoms with Crippen LogP contribution in [0.5, 0.6) is 11.8 Å². The molecule has 7 heteroatoms. The minimum atomic E-state index is -0.522. The number of benzene rings is 1. The lowest BCUT2D eigenvalue weighted by Gasteiger charge is -2.08. The molecular weight excluding hydrogens is 263 g/mol. The fourth-order valence-corrected chi connectivity index (χ4v) is 1.56. The molecule has 6 nitrogen and oxygen atoms in total. The summed E-state index contributed by atoms with van der Waals surface area (Å²) in [5, 5.41) is 11.5. The van der Waals surface area contributed by atoms with Gasteiger partial charge in [-0.1, -0.05) is 11.2 Å². The van der Waals surface area contributed by atoms with E-state index < -0.39 is 5.82 Å². The largest absolute Gasteiger partial charge is 0.421 e. The zero-order chi connectivity index (χ0) is 14.7. The molecule has 2 aromatic rings. The van der Waals surface area contributed by atoms with Crippen molar-refractivity contribution in [2.75, 3.05) is 0 Å². The smallest absolute Gasteiger partial charge is 0.322 e. The van der Waals surface area contributed by atoms with E-state index >= 15 is 0 Å². The molecule has 0 aliphatic carbocycles. The normalized spacial score (nSPS) is 11.4. The van der Waals surface area contributed by atoms with Gasteiger partial charge in [-0.15, -0.1) is 0 Å². The zero-order valence-corrected chi connectivity index (χ0v) is 11.0. The van der Waals surface area contributed by atoms with Gasteiger partial charge >= 0.3 is 6.01 Å². The standard InChI is InChI=1S/C13H13FN4O2/c1-7-3-4-9(14)11(5-7)20-13-16-8(2)6-10(17-13)12(15)18-19/h3-6,19H,1-2H3,(H2,15,18). The number of halogens is 1. The van der Waals surface area contributed by atoms with E-state index in [1.807, 2.05) is 6.92 Å². The van der Waals surface area contributed by atoms with E-state index in [0.29, 0.717) is 5.69 Å². The summed E-state index contributed by atoms with van der Waals surface area (Å²) in [6, 6.07) is 5.90. The van der Waals surface area contributed by atoms with Crippen LogP contribution in [-0.4, -0.2) is 21.0 Å². The molecule has 0 saturated carbocycles. The molecule has 104 valence electrons. The van der Waals surface area contributed by atoms with Crippen LogP contribution in [0.3, 0.4) is 0 Å².